The van der Waals surface area contributed by atoms with Gasteiger partial charge in [-0.1, -0.05) is 80.1 Å². The summed E-state index contributed by atoms with van der Waals surface area (Å²) in [4.78, 5) is 3.92. The van der Waals surface area contributed by atoms with Crippen LogP contribution in [0.5, 0.6) is 11.5 Å². The molecule has 0 bridgehead atoms. The van der Waals surface area contributed by atoms with E-state index in [1.165, 1.54) is 18.2 Å². The minimum absolute atomic E-state index is 0.000209. The zero-order valence-corrected chi connectivity index (χ0v) is 34.6. The lowest BCUT2D eigenvalue weighted by Crippen LogP contribution is -2.40. The second kappa shape index (κ2) is 19.8. The molecule has 4 rings (SSSR count). The fraction of sp³-hybridized carbons (Fsp3) is 0.378. The standard InChI is InChI=1S/C23H28F3NO2.C22H27ClFNO2/c1-16(13-18-9-11-21(29-5)12-10-18)22(28,17(2)15-27(3)4)19-7-6-8-20(14-19)23(24,25)26;1-15(12-17-6-9-19(27-5)10-7-17)22(26,16(2)14-25(3)4)18-8-11-21(24)20(23)13-18/h6-14,17,28H,15H2,1-5H3;6-13,16,26H,14H2,1-5H3. The number of methoxy groups -OCH3 is 2. The van der Waals surface area contributed by atoms with E-state index in [1.54, 1.807) is 51.5 Å². The van der Waals surface area contributed by atoms with Crippen molar-refractivity contribution in [2.45, 2.75) is 45.1 Å². The Balaban J connectivity index is 0.000000301. The molecule has 0 aromatic heterocycles. The molecule has 0 aliphatic heterocycles. The number of nitrogens with zero attached hydrogens (tertiary/aromatic N) is 2. The first-order valence-corrected chi connectivity index (χ1v) is 18.6. The van der Waals surface area contributed by atoms with Gasteiger partial charge < -0.3 is 29.5 Å². The zero-order chi connectivity index (χ0) is 42.0. The zero-order valence-electron chi connectivity index (χ0n) is 33.9. The number of halogens is 5. The van der Waals surface area contributed by atoms with Crippen LogP contribution in [0.1, 0.15) is 55.5 Å². The van der Waals surface area contributed by atoms with Gasteiger partial charge in [0, 0.05) is 24.9 Å². The maximum atomic E-state index is 13.7. The molecule has 0 saturated heterocycles. The van der Waals surface area contributed by atoms with E-state index in [-0.39, 0.29) is 22.4 Å². The van der Waals surface area contributed by atoms with Gasteiger partial charge in [0.05, 0.1) is 24.8 Å². The number of alkyl halides is 3. The van der Waals surface area contributed by atoms with E-state index in [4.69, 9.17) is 21.1 Å². The molecule has 0 amide bonds. The Kier molecular flexibility index (Phi) is 16.3. The Hall–Kier alpha value is -4.19. The largest absolute Gasteiger partial charge is 0.497 e. The molecule has 4 aromatic carbocycles. The van der Waals surface area contributed by atoms with Crippen LogP contribution in [0.15, 0.2) is 102 Å². The summed E-state index contributed by atoms with van der Waals surface area (Å²) in [6.07, 6.45) is -0.746. The Morgan fingerprint density at radius 1 is 0.661 bits per heavy atom. The van der Waals surface area contributed by atoms with Crippen molar-refractivity contribution in [3.8, 4) is 11.5 Å². The van der Waals surface area contributed by atoms with Crippen molar-refractivity contribution in [1.82, 2.24) is 9.80 Å². The Morgan fingerprint density at radius 3 is 1.41 bits per heavy atom. The van der Waals surface area contributed by atoms with Gasteiger partial charge in [-0.2, -0.15) is 13.2 Å². The molecule has 4 unspecified atom stereocenters. The van der Waals surface area contributed by atoms with Crippen LogP contribution in [0, 0.1) is 17.7 Å². The molecule has 56 heavy (non-hydrogen) atoms. The van der Waals surface area contributed by atoms with Crippen LogP contribution < -0.4 is 9.47 Å². The van der Waals surface area contributed by atoms with Gasteiger partial charge in [-0.3, -0.25) is 0 Å². The van der Waals surface area contributed by atoms with E-state index in [1.807, 2.05) is 101 Å². The minimum atomic E-state index is -4.48. The van der Waals surface area contributed by atoms with E-state index >= 15 is 0 Å². The highest BCUT2D eigenvalue weighted by molar-refractivity contribution is 6.30. The quantitative estimate of drug-likeness (QED) is 0.124. The molecule has 0 fully saturated rings. The smallest absolute Gasteiger partial charge is 0.416 e. The van der Waals surface area contributed by atoms with E-state index in [2.05, 4.69) is 0 Å². The number of benzene rings is 4. The third kappa shape index (κ3) is 11.7. The summed E-state index contributed by atoms with van der Waals surface area (Å²) >= 11 is 6.00. The SMILES string of the molecule is COc1ccc(C=C(C)C(O)(c2ccc(F)c(Cl)c2)C(C)CN(C)C)cc1.COc1ccc(C=C(C)C(O)(c2cccc(C(F)(F)F)c2)C(C)CN(C)C)cc1. The van der Waals surface area contributed by atoms with Crippen molar-refractivity contribution in [3.63, 3.8) is 0 Å². The van der Waals surface area contributed by atoms with E-state index in [9.17, 15) is 27.8 Å². The molecule has 2 N–H and O–H groups in total. The average molecular weight is 799 g/mol. The maximum Gasteiger partial charge on any atom is 0.416 e. The van der Waals surface area contributed by atoms with Gasteiger partial charge in [0.25, 0.3) is 0 Å². The summed E-state index contributed by atoms with van der Waals surface area (Å²) in [7, 11) is 10.8. The van der Waals surface area contributed by atoms with Crippen molar-refractivity contribution in [3.05, 3.63) is 141 Å². The van der Waals surface area contributed by atoms with Crippen LogP contribution in [0.3, 0.4) is 0 Å². The monoisotopic (exact) mass is 798 g/mol. The fourth-order valence-electron chi connectivity index (χ4n) is 6.95. The lowest BCUT2D eigenvalue weighted by atomic mass is 9.76. The second-order valence-corrected chi connectivity index (χ2v) is 15.2. The predicted molar refractivity (Wildman–Crippen MR) is 219 cm³/mol. The molecular formula is C45H55ClF4N2O4. The summed E-state index contributed by atoms with van der Waals surface area (Å²) < 4.78 is 63.8. The maximum absolute atomic E-state index is 13.7. The minimum Gasteiger partial charge on any atom is -0.497 e. The third-order valence-electron chi connectivity index (χ3n) is 9.89. The van der Waals surface area contributed by atoms with E-state index < -0.39 is 28.8 Å². The van der Waals surface area contributed by atoms with Crippen LogP contribution in [0.4, 0.5) is 17.6 Å². The van der Waals surface area contributed by atoms with Crippen molar-refractivity contribution in [2.24, 2.45) is 11.8 Å². The highest BCUT2D eigenvalue weighted by Crippen LogP contribution is 2.42. The van der Waals surface area contributed by atoms with Gasteiger partial charge in [-0.15, -0.1) is 0 Å². The molecule has 0 aliphatic rings. The van der Waals surface area contributed by atoms with Crippen LogP contribution in [0.25, 0.3) is 12.2 Å². The molecular weight excluding hydrogens is 744 g/mol. The molecule has 304 valence electrons. The van der Waals surface area contributed by atoms with Crippen LogP contribution in [-0.2, 0) is 17.4 Å². The normalized spacial score (nSPS) is 15.7. The molecule has 0 saturated carbocycles. The first-order valence-electron chi connectivity index (χ1n) is 18.2. The molecule has 6 nitrogen and oxygen atoms in total. The molecule has 4 aromatic rings. The lowest BCUT2D eigenvalue weighted by Gasteiger charge is -2.37. The summed E-state index contributed by atoms with van der Waals surface area (Å²) in [5, 5.41) is 23.5. The van der Waals surface area contributed by atoms with Crippen molar-refractivity contribution >= 4 is 23.8 Å². The molecule has 0 heterocycles. The van der Waals surface area contributed by atoms with Gasteiger partial charge in [-0.05, 0) is 124 Å². The molecule has 4 atom stereocenters. The highest BCUT2D eigenvalue weighted by atomic mass is 35.5. The molecule has 0 spiro atoms. The summed E-state index contributed by atoms with van der Waals surface area (Å²) in [5.74, 6) is 0.471. The lowest BCUT2D eigenvalue weighted by molar-refractivity contribution is -0.137. The molecule has 0 aliphatic carbocycles. The van der Waals surface area contributed by atoms with Gasteiger partial charge in [0.15, 0.2) is 0 Å². The Morgan fingerprint density at radius 2 is 1.05 bits per heavy atom. The molecule has 11 heteroatoms. The van der Waals surface area contributed by atoms with E-state index in [0.717, 1.165) is 34.6 Å². The van der Waals surface area contributed by atoms with Crippen molar-refractivity contribution < 1.29 is 37.2 Å². The fourth-order valence-corrected chi connectivity index (χ4v) is 7.13. The van der Waals surface area contributed by atoms with Crippen LogP contribution >= 0.6 is 11.6 Å². The second-order valence-electron chi connectivity index (χ2n) is 14.8. The number of hydrogen-bond donors (Lipinski definition) is 2. The Labute approximate surface area is 334 Å². The highest BCUT2D eigenvalue weighted by Gasteiger charge is 2.40. The van der Waals surface area contributed by atoms with Gasteiger partial charge >= 0.3 is 6.18 Å². The molecule has 0 radical (unpaired) electrons. The summed E-state index contributed by atoms with van der Waals surface area (Å²) in [5.41, 5.74) is 0.258. The van der Waals surface area contributed by atoms with Crippen molar-refractivity contribution in [1.29, 1.82) is 0 Å². The van der Waals surface area contributed by atoms with E-state index in [0.29, 0.717) is 30.0 Å². The number of hydrogen-bond acceptors (Lipinski definition) is 6. The first kappa shape index (κ1) is 46.2. The summed E-state index contributed by atoms with van der Waals surface area (Å²) in [6, 6.07) is 24.2. The number of aliphatic hydroxyl groups is 2. The third-order valence-corrected chi connectivity index (χ3v) is 10.2. The van der Waals surface area contributed by atoms with Crippen LogP contribution in [-0.4, -0.2) is 75.5 Å². The number of rotatable bonds is 14. The van der Waals surface area contributed by atoms with Gasteiger partial charge in [0.2, 0.25) is 0 Å². The number of ether oxygens (including phenoxy) is 2. The van der Waals surface area contributed by atoms with Crippen LogP contribution in [0.2, 0.25) is 5.02 Å². The van der Waals surface area contributed by atoms with Gasteiger partial charge in [0.1, 0.15) is 28.5 Å². The first-order chi connectivity index (χ1) is 26.2. The van der Waals surface area contributed by atoms with Crippen molar-refractivity contribution in [2.75, 3.05) is 55.5 Å². The Bertz CT molecular complexity index is 1930. The topological polar surface area (TPSA) is 65.4 Å². The average Bonchev–Trinajstić information content (AvgIpc) is 3.15. The summed E-state index contributed by atoms with van der Waals surface area (Å²) in [6.45, 7) is 8.60. The van der Waals surface area contributed by atoms with Gasteiger partial charge in [-0.25, -0.2) is 4.39 Å². The predicted octanol–water partition coefficient (Wildman–Crippen LogP) is 10.2.